The molecular formula is C12H15N3O3. The molecule has 2 rings (SSSR count). The molecule has 0 radical (unpaired) electrons. The molecule has 6 nitrogen and oxygen atoms in total. The van der Waals surface area contributed by atoms with E-state index in [2.05, 4.69) is 5.32 Å². The molecule has 0 saturated carbocycles. The molecule has 0 aromatic heterocycles. The maximum absolute atomic E-state index is 11.9. The number of nitrogens with zero attached hydrogens (tertiary/aromatic N) is 1. The van der Waals surface area contributed by atoms with Gasteiger partial charge in [0.1, 0.15) is 0 Å². The highest BCUT2D eigenvalue weighted by molar-refractivity contribution is 5.96. The largest absolute Gasteiger partial charge is 0.478 e. The van der Waals surface area contributed by atoms with Crippen molar-refractivity contribution in [3.8, 4) is 0 Å². The Kier molecular flexibility index (Phi) is 3.47. The van der Waals surface area contributed by atoms with E-state index in [-0.39, 0.29) is 11.6 Å². The molecule has 0 spiro atoms. The zero-order valence-electron chi connectivity index (χ0n) is 9.85. The van der Waals surface area contributed by atoms with Crippen LogP contribution in [0.4, 0.5) is 10.5 Å². The fourth-order valence-electron chi connectivity index (χ4n) is 2.00. The van der Waals surface area contributed by atoms with Crippen LogP contribution in [0, 0.1) is 0 Å². The van der Waals surface area contributed by atoms with Gasteiger partial charge in [-0.05, 0) is 24.1 Å². The van der Waals surface area contributed by atoms with Gasteiger partial charge in [0.05, 0.1) is 5.56 Å². The van der Waals surface area contributed by atoms with E-state index in [9.17, 15) is 9.59 Å². The molecule has 0 fully saturated rings. The third-order valence-corrected chi connectivity index (χ3v) is 2.89. The fraction of sp³-hybridized carbons (Fsp3) is 0.333. The predicted molar refractivity (Wildman–Crippen MR) is 66.9 cm³/mol. The van der Waals surface area contributed by atoms with Crippen LogP contribution in [-0.2, 0) is 6.42 Å². The number of benzene rings is 1. The Morgan fingerprint density at radius 2 is 2.22 bits per heavy atom. The van der Waals surface area contributed by atoms with Gasteiger partial charge in [0.25, 0.3) is 0 Å². The van der Waals surface area contributed by atoms with E-state index in [0.717, 1.165) is 12.0 Å². The van der Waals surface area contributed by atoms with Crippen LogP contribution < -0.4 is 16.0 Å². The first kappa shape index (κ1) is 12.4. The van der Waals surface area contributed by atoms with Crippen molar-refractivity contribution in [2.75, 3.05) is 24.5 Å². The number of amides is 2. The van der Waals surface area contributed by atoms with E-state index in [1.165, 1.54) is 6.07 Å². The number of carbonyl (C=O) groups is 2. The quantitative estimate of drug-likeness (QED) is 0.723. The Hall–Kier alpha value is -2.08. The number of rotatable bonds is 3. The molecule has 2 amide bonds. The lowest BCUT2D eigenvalue weighted by Gasteiger charge is -2.18. The van der Waals surface area contributed by atoms with Gasteiger partial charge in [-0.3, -0.25) is 4.90 Å². The van der Waals surface area contributed by atoms with E-state index in [1.54, 1.807) is 17.0 Å². The summed E-state index contributed by atoms with van der Waals surface area (Å²) < 4.78 is 0. The van der Waals surface area contributed by atoms with Crippen LogP contribution in [0.1, 0.15) is 15.9 Å². The number of carbonyl (C=O) groups excluding carboxylic acids is 1. The monoisotopic (exact) mass is 249 g/mol. The minimum atomic E-state index is -0.994. The number of fused-ring (bicyclic) bond motifs is 1. The van der Waals surface area contributed by atoms with Crippen LogP contribution in [0.15, 0.2) is 18.2 Å². The van der Waals surface area contributed by atoms with Crippen molar-refractivity contribution >= 4 is 17.7 Å². The van der Waals surface area contributed by atoms with Crippen molar-refractivity contribution in [2.24, 2.45) is 5.73 Å². The van der Waals surface area contributed by atoms with Crippen molar-refractivity contribution in [3.05, 3.63) is 29.3 Å². The van der Waals surface area contributed by atoms with Crippen LogP contribution >= 0.6 is 0 Å². The minimum Gasteiger partial charge on any atom is -0.478 e. The topological polar surface area (TPSA) is 95.7 Å². The Bertz CT molecular complexity index is 487. The number of urea groups is 1. The molecule has 4 N–H and O–H groups in total. The molecule has 0 unspecified atom stereocenters. The molecule has 0 saturated heterocycles. The summed E-state index contributed by atoms with van der Waals surface area (Å²) in [7, 11) is 0. The molecule has 1 heterocycles. The van der Waals surface area contributed by atoms with Crippen LogP contribution in [0.2, 0.25) is 0 Å². The van der Waals surface area contributed by atoms with Gasteiger partial charge in [-0.15, -0.1) is 0 Å². The highest BCUT2D eigenvalue weighted by Crippen LogP contribution is 2.29. The first-order valence-electron chi connectivity index (χ1n) is 5.75. The van der Waals surface area contributed by atoms with Gasteiger partial charge in [0.2, 0.25) is 0 Å². The number of nitrogens with two attached hydrogens (primary N) is 1. The zero-order chi connectivity index (χ0) is 13.1. The van der Waals surface area contributed by atoms with Crippen molar-refractivity contribution in [1.29, 1.82) is 0 Å². The summed E-state index contributed by atoms with van der Waals surface area (Å²) in [5, 5.41) is 11.6. The molecule has 18 heavy (non-hydrogen) atoms. The van der Waals surface area contributed by atoms with Crippen LogP contribution in [-0.4, -0.2) is 36.7 Å². The number of carboxylic acid groups (broad SMARTS) is 1. The average Bonchev–Trinajstić information content (AvgIpc) is 2.78. The SMILES string of the molecule is NCCNC(=O)N1CCc2ccc(C(=O)O)cc21. The van der Waals surface area contributed by atoms with Crippen molar-refractivity contribution in [3.63, 3.8) is 0 Å². The molecule has 0 atom stereocenters. The van der Waals surface area contributed by atoms with Crippen molar-refractivity contribution in [1.82, 2.24) is 5.32 Å². The summed E-state index contributed by atoms with van der Waals surface area (Å²) >= 11 is 0. The third-order valence-electron chi connectivity index (χ3n) is 2.89. The number of carboxylic acids is 1. The van der Waals surface area contributed by atoms with Gasteiger partial charge < -0.3 is 16.2 Å². The summed E-state index contributed by atoms with van der Waals surface area (Å²) in [6, 6.07) is 4.62. The summed E-state index contributed by atoms with van der Waals surface area (Å²) in [4.78, 5) is 24.3. The molecule has 96 valence electrons. The molecule has 0 aliphatic carbocycles. The van der Waals surface area contributed by atoms with Crippen LogP contribution in [0.3, 0.4) is 0 Å². The first-order valence-corrected chi connectivity index (χ1v) is 5.75. The fourth-order valence-corrected chi connectivity index (χ4v) is 2.00. The Balaban J connectivity index is 2.23. The van der Waals surface area contributed by atoms with Crippen molar-refractivity contribution in [2.45, 2.75) is 6.42 Å². The molecule has 1 aromatic rings. The lowest BCUT2D eigenvalue weighted by Crippen LogP contribution is -2.41. The van der Waals surface area contributed by atoms with Crippen LogP contribution in [0.25, 0.3) is 0 Å². The average molecular weight is 249 g/mol. The highest BCUT2D eigenvalue weighted by atomic mass is 16.4. The van der Waals surface area contributed by atoms with E-state index in [1.807, 2.05) is 0 Å². The molecule has 6 heteroatoms. The zero-order valence-corrected chi connectivity index (χ0v) is 9.85. The Morgan fingerprint density at radius 3 is 2.89 bits per heavy atom. The van der Waals surface area contributed by atoms with Gasteiger partial charge in [-0.25, -0.2) is 9.59 Å². The number of anilines is 1. The molecule has 1 aliphatic rings. The second-order valence-electron chi connectivity index (χ2n) is 4.07. The molecule has 0 bridgehead atoms. The third kappa shape index (κ3) is 2.28. The first-order chi connectivity index (χ1) is 8.63. The van der Waals surface area contributed by atoms with Gasteiger partial charge in [0.15, 0.2) is 0 Å². The van der Waals surface area contributed by atoms with Gasteiger partial charge in [0, 0.05) is 25.3 Å². The van der Waals surface area contributed by atoms with E-state index in [4.69, 9.17) is 10.8 Å². The highest BCUT2D eigenvalue weighted by Gasteiger charge is 2.25. The molecular weight excluding hydrogens is 234 g/mol. The van der Waals surface area contributed by atoms with Gasteiger partial charge in [-0.1, -0.05) is 6.07 Å². The second-order valence-corrected chi connectivity index (χ2v) is 4.07. The second kappa shape index (κ2) is 5.05. The standard InChI is InChI=1S/C12H15N3O3/c13-4-5-14-12(18)15-6-3-8-1-2-9(11(16)17)7-10(8)15/h1-2,7H,3-6,13H2,(H,14,18)(H,16,17). The van der Waals surface area contributed by atoms with Gasteiger partial charge in [-0.2, -0.15) is 0 Å². The summed E-state index contributed by atoms with van der Waals surface area (Å²) in [5.74, 6) is -0.994. The lowest BCUT2D eigenvalue weighted by molar-refractivity contribution is 0.0697. The van der Waals surface area contributed by atoms with Crippen LogP contribution in [0.5, 0.6) is 0 Å². The number of aromatic carboxylic acids is 1. The summed E-state index contributed by atoms with van der Waals surface area (Å²) in [5.41, 5.74) is 7.17. The summed E-state index contributed by atoms with van der Waals surface area (Å²) in [6.07, 6.45) is 0.741. The van der Waals surface area contributed by atoms with Gasteiger partial charge >= 0.3 is 12.0 Å². The van der Waals surface area contributed by atoms with E-state index < -0.39 is 5.97 Å². The maximum atomic E-state index is 11.9. The maximum Gasteiger partial charge on any atom is 0.335 e. The Morgan fingerprint density at radius 1 is 1.44 bits per heavy atom. The smallest absolute Gasteiger partial charge is 0.335 e. The predicted octanol–water partition coefficient (Wildman–Crippen LogP) is 0.416. The van der Waals surface area contributed by atoms with Crippen molar-refractivity contribution < 1.29 is 14.7 Å². The number of nitrogens with one attached hydrogen (secondary N) is 1. The molecule has 1 aliphatic heterocycles. The normalized spacial score (nSPS) is 13.3. The lowest BCUT2D eigenvalue weighted by atomic mass is 10.1. The number of hydrogen-bond acceptors (Lipinski definition) is 3. The molecule has 1 aromatic carbocycles. The number of hydrogen-bond donors (Lipinski definition) is 3. The van der Waals surface area contributed by atoms with E-state index >= 15 is 0 Å². The minimum absolute atomic E-state index is 0.187. The Labute approximate surface area is 104 Å². The summed E-state index contributed by atoms with van der Waals surface area (Å²) in [6.45, 7) is 1.35. The van der Waals surface area contributed by atoms with E-state index in [0.29, 0.717) is 25.3 Å².